The van der Waals surface area contributed by atoms with Gasteiger partial charge in [-0.2, -0.15) is 0 Å². The van der Waals surface area contributed by atoms with Crippen molar-refractivity contribution < 1.29 is 5.11 Å². The van der Waals surface area contributed by atoms with Gasteiger partial charge in [-0.3, -0.25) is 4.90 Å². The Morgan fingerprint density at radius 3 is 3.00 bits per heavy atom. The van der Waals surface area contributed by atoms with E-state index in [1.807, 2.05) is 6.26 Å². The van der Waals surface area contributed by atoms with Gasteiger partial charge in [-0.1, -0.05) is 47.4 Å². The highest BCUT2D eigenvalue weighted by atomic mass is 32.2. The minimum atomic E-state index is 0.233. The van der Waals surface area contributed by atoms with E-state index in [2.05, 4.69) is 39.4 Å². The van der Waals surface area contributed by atoms with Crippen LogP contribution < -0.4 is 0 Å². The van der Waals surface area contributed by atoms with Crippen molar-refractivity contribution in [3.8, 4) is 0 Å². The van der Waals surface area contributed by atoms with Crippen molar-refractivity contribution in [2.75, 3.05) is 19.4 Å². The Morgan fingerprint density at radius 1 is 1.36 bits per heavy atom. The van der Waals surface area contributed by atoms with Crippen LogP contribution in [0.1, 0.15) is 35.0 Å². The molecule has 3 rings (SSSR count). The Kier molecular flexibility index (Phi) is 5.46. The number of rotatable bonds is 7. The van der Waals surface area contributed by atoms with Crippen LogP contribution in [0, 0.1) is 0 Å². The molecule has 2 aromatic rings. The maximum atomic E-state index is 9.21. The SMILES string of the molecule is CSc1nnc(CN(CCCO)C2CCc3ccccc32)s1. The molecule has 1 aliphatic rings. The molecule has 0 saturated heterocycles. The number of fused-ring (bicyclic) bond motifs is 1. The van der Waals surface area contributed by atoms with Crippen molar-refractivity contribution in [2.24, 2.45) is 0 Å². The fourth-order valence-electron chi connectivity index (χ4n) is 3.09. The standard InChI is InChI=1S/C16H21N3OS2/c1-21-16-18-17-15(22-16)11-19(9-4-10-20)14-8-7-12-5-2-3-6-13(12)14/h2-3,5-6,14,20H,4,7-11H2,1H3. The van der Waals surface area contributed by atoms with Gasteiger partial charge in [0.25, 0.3) is 0 Å². The van der Waals surface area contributed by atoms with Crippen molar-refractivity contribution in [1.29, 1.82) is 0 Å². The summed E-state index contributed by atoms with van der Waals surface area (Å²) in [5.74, 6) is 0. The molecule has 1 heterocycles. The van der Waals surface area contributed by atoms with E-state index >= 15 is 0 Å². The fourth-order valence-corrected chi connectivity index (χ4v) is 4.43. The Labute approximate surface area is 139 Å². The quantitative estimate of drug-likeness (QED) is 0.788. The molecule has 1 N–H and O–H groups in total. The molecule has 0 amide bonds. The molecule has 1 aromatic heterocycles. The largest absolute Gasteiger partial charge is 0.396 e. The maximum Gasteiger partial charge on any atom is 0.174 e. The number of aliphatic hydroxyl groups excluding tert-OH is 1. The minimum absolute atomic E-state index is 0.233. The molecule has 4 nitrogen and oxygen atoms in total. The van der Waals surface area contributed by atoms with Crippen LogP contribution in [-0.4, -0.2) is 39.6 Å². The van der Waals surface area contributed by atoms with E-state index in [-0.39, 0.29) is 6.61 Å². The van der Waals surface area contributed by atoms with E-state index in [4.69, 9.17) is 0 Å². The number of aliphatic hydroxyl groups is 1. The monoisotopic (exact) mass is 335 g/mol. The van der Waals surface area contributed by atoms with Gasteiger partial charge in [0.05, 0.1) is 6.54 Å². The number of hydrogen-bond acceptors (Lipinski definition) is 6. The molecular formula is C16H21N3OS2. The summed E-state index contributed by atoms with van der Waals surface area (Å²) in [6.07, 6.45) is 5.12. The van der Waals surface area contributed by atoms with Crippen LogP contribution in [0.5, 0.6) is 0 Å². The molecule has 118 valence electrons. The maximum absolute atomic E-state index is 9.21. The van der Waals surface area contributed by atoms with E-state index in [1.165, 1.54) is 11.1 Å². The molecule has 1 unspecified atom stereocenters. The average molecular weight is 335 g/mol. The first kappa shape index (κ1) is 15.9. The molecule has 1 aromatic carbocycles. The lowest BCUT2D eigenvalue weighted by Crippen LogP contribution is -2.28. The van der Waals surface area contributed by atoms with Gasteiger partial charge in [-0.05, 0) is 36.6 Å². The van der Waals surface area contributed by atoms with Gasteiger partial charge in [0.1, 0.15) is 5.01 Å². The summed E-state index contributed by atoms with van der Waals surface area (Å²) in [5, 5.41) is 18.8. The highest BCUT2D eigenvalue weighted by Gasteiger charge is 2.28. The van der Waals surface area contributed by atoms with Crippen LogP contribution in [0.4, 0.5) is 0 Å². The minimum Gasteiger partial charge on any atom is -0.396 e. The molecule has 0 saturated carbocycles. The van der Waals surface area contributed by atoms with Gasteiger partial charge in [-0.15, -0.1) is 10.2 Å². The number of benzene rings is 1. The zero-order valence-electron chi connectivity index (χ0n) is 12.7. The first-order valence-corrected chi connectivity index (χ1v) is 9.65. The lowest BCUT2D eigenvalue weighted by Gasteiger charge is -2.28. The Bertz CT molecular complexity index is 617. The van der Waals surface area contributed by atoms with Crippen LogP contribution in [0.2, 0.25) is 0 Å². The third kappa shape index (κ3) is 3.51. The Hall–Kier alpha value is -0.950. The van der Waals surface area contributed by atoms with Crippen LogP contribution in [-0.2, 0) is 13.0 Å². The molecule has 1 aliphatic carbocycles. The van der Waals surface area contributed by atoms with Gasteiger partial charge in [0.15, 0.2) is 4.34 Å². The predicted octanol–water partition coefficient (Wildman–Crippen LogP) is 3.13. The number of thioether (sulfide) groups is 1. The molecule has 0 radical (unpaired) electrons. The van der Waals surface area contributed by atoms with Crippen molar-refractivity contribution in [3.05, 3.63) is 40.4 Å². The third-order valence-electron chi connectivity index (χ3n) is 4.11. The number of hydrogen-bond donors (Lipinski definition) is 1. The summed E-state index contributed by atoms with van der Waals surface area (Å²) in [6, 6.07) is 9.15. The molecule has 0 bridgehead atoms. The number of nitrogens with zero attached hydrogens (tertiary/aromatic N) is 3. The summed E-state index contributed by atoms with van der Waals surface area (Å²) in [5.41, 5.74) is 2.90. The summed E-state index contributed by atoms with van der Waals surface area (Å²) in [4.78, 5) is 2.45. The Balaban J connectivity index is 1.78. The van der Waals surface area contributed by atoms with Gasteiger partial charge < -0.3 is 5.11 Å². The topological polar surface area (TPSA) is 49.2 Å². The average Bonchev–Trinajstić information content (AvgIpc) is 3.18. The van der Waals surface area contributed by atoms with Crippen LogP contribution in [0.3, 0.4) is 0 Å². The highest BCUT2D eigenvalue weighted by Crippen LogP contribution is 2.36. The zero-order valence-corrected chi connectivity index (χ0v) is 14.4. The van der Waals surface area contributed by atoms with Crippen LogP contribution >= 0.6 is 23.1 Å². The third-order valence-corrected chi connectivity index (χ3v) is 5.99. The first-order chi connectivity index (χ1) is 10.8. The molecular weight excluding hydrogens is 314 g/mol. The number of aryl methyl sites for hydroxylation is 1. The van der Waals surface area contributed by atoms with Crippen molar-refractivity contribution >= 4 is 23.1 Å². The second kappa shape index (κ2) is 7.55. The van der Waals surface area contributed by atoms with E-state index in [0.29, 0.717) is 6.04 Å². The summed E-state index contributed by atoms with van der Waals surface area (Å²) >= 11 is 3.31. The molecule has 22 heavy (non-hydrogen) atoms. The second-order valence-electron chi connectivity index (χ2n) is 5.47. The van der Waals surface area contributed by atoms with Gasteiger partial charge in [0, 0.05) is 19.2 Å². The molecule has 0 spiro atoms. The molecule has 1 atom stereocenters. The summed E-state index contributed by atoms with van der Waals surface area (Å²) in [7, 11) is 0. The van der Waals surface area contributed by atoms with Gasteiger partial charge in [0.2, 0.25) is 0 Å². The smallest absolute Gasteiger partial charge is 0.174 e. The van der Waals surface area contributed by atoms with Crippen molar-refractivity contribution in [3.63, 3.8) is 0 Å². The van der Waals surface area contributed by atoms with Crippen molar-refractivity contribution in [1.82, 2.24) is 15.1 Å². The van der Waals surface area contributed by atoms with E-state index in [0.717, 1.165) is 41.7 Å². The van der Waals surface area contributed by atoms with E-state index in [1.54, 1.807) is 23.1 Å². The lowest BCUT2D eigenvalue weighted by atomic mass is 10.1. The Morgan fingerprint density at radius 2 is 2.23 bits per heavy atom. The van der Waals surface area contributed by atoms with Gasteiger partial charge >= 0.3 is 0 Å². The zero-order chi connectivity index (χ0) is 15.4. The van der Waals surface area contributed by atoms with Crippen LogP contribution in [0.15, 0.2) is 28.6 Å². The van der Waals surface area contributed by atoms with E-state index in [9.17, 15) is 5.11 Å². The van der Waals surface area contributed by atoms with E-state index < -0.39 is 0 Å². The normalized spacial score (nSPS) is 17.1. The predicted molar refractivity (Wildman–Crippen MR) is 91.3 cm³/mol. The molecule has 0 aliphatic heterocycles. The van der Waals surface area contributed by atoms with Gasteiger partial charge in [-0.25, -0.2) is 0 Å². The summed E-state index contributed by atoms with van der Waals surface area (Å²) in [6.45, 7) is 1.94. The first-order valence-electron chi connectivity index (χ1n) is 7.61. The summed E-state index contributed by atoms with van der Waals surface area (Å²) < 4.78 is 1.02. The molecule has 0 fully saturated rings. The highest BCUT2D eigenvalue weighted by molar-refractivity contribution is 8.00. The lowest BCUT2D eigenvalue weighted by molar-refractivity contribution is 0.165. The second-order valence-corrected chi connectivity index (χ2v) is 7.58. The van der Waals surface area contributed by atoms with Crippen molar-refractivity contribution in [2.45, 2.75) is 36.2 Å². The van der Waals surface area contributed by atoms with Crippen LogP contribution in [0.25, 0.3) is 0 Å². The fraction of sp³-hybridized carbons (Fsp3) is 0.500. The number of aromatic nitrogens is 2. The molecule has 6 heteroatoms.